The lowest BCUT2D eigenvalue weighted by atomic mass is 9.91. The molecule has 2 aromatic heterocycles. The summed E-state index contributed by atoms with van der Waals surface area (Å²) in [6, 6.07) is 11.4. The van der Waals surface area contributed by atoms with Crippen LogP contribution < -0.4 is 15.0 Å². The topological polar surface area (TPSA) is 113 Å². The van der Waals surface area contributed by atoms with Crippen LogP contribution in [0.3, 0.4) is 0 Å². The molecule has 3 aliphatic heterocycles. The molecule has 2 N–H and O–H groups in total. The van der Waals surface area contributed by atoms with E-state index in [1.54, 1.807) is 12.3 Å². The van der Waals surface area contributed by atoms with Crippen molar-refractivity contribution in [2.45, 2.75) is 82.6 Å². The van der Waals surface area contributed by atoms with Crippen molar-refractivity contribution in [3.63, 3.8) is 0 Å². The van der Waals surface area contributed by atoms with Gasteiger partial charge in [0.05, 0.1) is 23.1 Å². The lowest BCUT2D eigenvalue weighted by molar-refractivity contribution is 0.0454. The molecule has 0 saturated carbocycles. The molecule has 7 rings (SSSR count). The van der Waals surface area contributed by atoms with Crippen molar-refractivity contribution >= 4 is 39.7 Å². The Morgan fingerprint density at radius 1 is 1.14 bits per heavy atom. The molecule has 51 heavy (non-hydrogen) atoms. The number of carbonyl (C=O) groups excluding carboxylic acids is 1. The molecule has 0 spiro atoms. The van der Waals surface area contributed by atoms with Gasteiger partial charge < -0.3 is 24.8 Å². The number of alkyl carbamates (subject to hydrolysis) is 1. The molecule has 2 aromatic carbocycles. The number of nitrogens with one attached hydrogen (secondary N) is 1. The number of fused-ring (bicyclic) bond motifs is 3. The van der Waals surface area contributed by atoms with Gasteiger partial charge in [-0.05, 0) is 76.3 Å². The monoisotopic (exact) mass is 700 g/mol. The molecular weight excluding hydrogens is 654 g/mol. The molecule has 12 heteroatoms. The van der Waals surface area contributed by atoms with E-state index in [1.165, 1.54) is 0 Å². The molecule has 3 aliphatic rings. The van der Waals surface area contributed by atoms with Gasteiger partial charge in [0.25, 0.3) is 0 Å². The SMILES string of the molecule is CC(C)(C)OC(=O)N[C@]1(C)CCCN(c2nc(OC[C@@]34CCCN3C[C@H](F)C4)nc3c(F)c(-c4cccc5cccc(/C=C/CO)c45)ncc23)C1. The molecule has 10 nitrogen and oxygen atoms in total. The minimum absolute atomic E-state index is 0.00829. The number of ether oxygens (including phenoxy) is 2. The molecule has 270 valence electrons. The van der Waals surface area contributed by atoms with Gasteiger partial charge in [-0.25, -0.2) is 13.6 Å². The molecule has 3 atom stereocenters. The number of hydrogen-bond donors (Lipinski definition) is 2. The zero-order valence-corrected chi connectivity index (χ0v) is 29.7. The number of aliphatic hydroxyl groups excluding tert-OH is 1. The number of amides is 1. The Morgan fingerprint density at radius 2 is 1.92 bits per heavy atom. The van der Waals surface area contributed by atoms with Crippen molar-refractivity contribution in [3.05, 3.63) is 60.1 Å². The Balaban J connectivity index is 1.31. The molecule has 1 amide bonds. The van der Waals surface area contributed by atoms with E-state index in [1.807, 2.05) is 75.1 Å². The first-order valence-corrected chi connectivity index (χ1v) is 17.8. The summed E-state index contributed by atoms with van der Waals surface area (Å²) >= 11 is 0. The summed E-state index contributed by atoms with van der Waals surface area (Å²) in [5, 5.41) is 14.6. The van der Waals surface area contributed by atoms with E-state index < -0.39 is 34.8 Å². The quantitative estimate of drug-likeness (QED) is 0.204. The van der Waals surface area contributed by atoms with Gasteiger partial charge in [0.1, 0.15) is 35.4 Å². The Labute approximate surface area is 296 Å². The number of hydrogen-bond acceptors (Lipinski definition) is 9. The van der Waals surface area contributed by atoms with Crippen molar-refractivity contribution in [2.75, 3.05) is 44.3 Å². The van der Waals surface area contributed by atoms with Crippen molar-refractivity contribution in [2.24, 2.45) is 0 Å². The number of piperidine rings is 1. The van der Waals surface area contributed by atoms with Gasteiger partial charge in [0, 0.05) is 37.8 Å². The first-order valence-electron chi connectivity index (χ1n) is 17.8. The fraction of sp³-hybridized carbons (Fsp3) is 0.487. The lowest BCUT2D eigenvalue weighted by Gasteiger charge is -2.42. The molecular formula is C39H46F2N6O4. The second-order valence-electron chi connectivity index (χ2n) is 15.4. The Morgan fingerprint density at radius 3 is 2.71 bits per heavy atom. The zero-order valence-electron chi connectivity index (χ0n) is 29.7. The predicted octanol–water partition coefficient (Wildman–Crippen LogP) is 6.83. The number of anilines is 1. The van der Waals surface area contributed by atoms with Crippen LogP contribution in [0.2, 0.25) is 0 Å². The largest absolute Gasteiger partial charge is 0.461 e. The number of pyridine rings is 1. The Kier molecular flexibility index (Phi) is 9.34. The number of benzene rings is 2. The lowest BCUT2D eigenvalue weighted by Crippen LogP contribution is -2.57. The van der Waals surface area contributed by atoms with Crippen LogP contribution in [-0.4, -0.2) is 93.3 Å². The normalized spacial score (nSPS) is 24.1. The number of aromatic nitrogens is 3. The van der Waals surface area contributed by atoms with Crippen LogP contribution in [0.4, 0.5) is 19.4 Å². The van der Waals surface area contributed by atoms with Gasteiger partial charge in [-0.2, -0.15) is 9.97 Å². The number of carbonyl (C=O) groups is 1. The third-order valence-electron chi connectivity index (χ3n) is 10.3. The minimum atomic E-state index is -0.922. The maximum Gasteiger partial charge on any atom is 0.408 e. The molecule has 0 bridgehead atoms. The highest BCUT2D eigenvalue weighted by molar-refractivity contribution is 6.03. The summed E-state index contributed by atoms with van der Waals surface area (Å²) in [4.78, 5) is 31.2. The van der Waals surface area contributed by atoms with Crippen LogP contribution in [0.15, 0.2) is 48.7 Å². The van der Waals surface area contributed by atoms with Crippen molar-refractivity contribution in [1.29, 1.82) is 0 Å². The number of nitrogens with zero attached hydrogens (tertiary/aromatic N) is 5. The predicted molar refractivity (Wildman–Crippen MR) is 194 cm³/mol. The maximum absolute atomic E-state index is 17.1. The summed E-state index contributed by atoms with van der Waals surface area (Å²) in [5.41, 5.74) is -0.165. The van der Waals surface area contributed by atoms with E-state index in [2.05, 4.69) is 20.2 Å². The van der Waals surface area contributed by atoms with Gasteiger partial charge in [0.2, 0.25) is 0 Å². The third-order valence-corrected chi connectivity index (χ3v) is 10.3. The van der Waals surface area contributed by atoms with Crippen molar-refractivity contribution in [1.82, 2.24) is 25.2 Å². The molecule has 0 aliphatic carbocycles. The van der Waals surface area contributed by atoms with Crippen LogP contribution in [-0.2, 0) is 4.74 Å². The van der Waals surface area contributed by atoms with Gasteiger partial charge in [-0.1, -0.05) is 48.6 Å². The van der Waals surface area contributed by atoms with Crippen LogP contribution in [0.5, 0.6) is 6.01 Å². The number of halogens is 2. The van der Waals surface area contributed by atoms with Crippen LogP contribution in [0.1, 0.15) is 65.4 Å². The minimum Gasteiger partial charge on any atom is -0.461 e. The highest BCUT2D eigenvalue weighted by Gasteiger charge is 2.49. The van der Waals surface area contributed by atoms with E-state index in [0.717, 1.165) is 42.1 Å². The Bertz CT molecular complexity index is 1980. The smallest absolute Gasteiger partial charge is 0.408 e. The van der Waals surface area contributed by atoms with E-state index in [0.29, 0.717) is 49.2 Å². The second kappa shape index (κ2) is 13.6. The molecule has 0 unspecified atom stereocenters. The van der Waals surface area contributed by atoms with Crippen molar-refractivity contribution in [3.8, 4) is 17.3 Å². The van der Waals surface area contributed by atoms with Gasteiger partial charge in [-0.15, -0.1) is 0 Å². The fourth-order valence-corrected chi connectivity index (χ4v) is 8.12. The zero-order chi connectivity index (χ0) is 36.0. The standard InChI is InChI=1S/C39H46F2N6O4/c1-37(2,3)51-36(49)45-38(4)15-8-17-46(23-38)34-29-21-42-32(28-14-6-12-25-10-5-11-26(30(25)28)13-7-19-48)31(41)33(29)43-35(44-34)50-24-39-16-9-18-47(39)22-27(40)20-39/h5-7,10-14,21,27,48H,8-9,15-20,22-24H2,1-4H3,(H,45,49)/b13-7+/t27-,38-,39+/m1/s1. The summed E-state index contributed by atoms with van der Waals surface area (Å²) in [6.07, 6.45) is 7.22. The summed E-state index contributed by atoms with van der Waals surface area (Å²) in [5.74, 6) is -0.170. The molecule has 3 fully saturated rings. The number of aliphatic hydroxyl groups is 1. The summed E-state index contributed by atoms with van der Waals surface area (Å²) < 4.78 is 43.6. The highest BCUT2D eigenvalue weighted by Crippen LogP contribution is 2.41. The summed E-state index contributed by atoms with van der Waals surface area (Å²) in [7, 11) is 0. The van der Waals surface area contributed by atoms with Gasteiger partial charge in [-0.3, -0.25) is 9.88 Å². The fourth-order valence-electron chi connectivity index (χ4n) is 8.12. The third kappa shape index (κ3) is 7.08. The van der Waals surface area contributed by atoms with Crippen LogP contribution in [0.25, 0.3) is 39.0 Å². The van der Waals surface area contributed by atoms with Crippen LogP contribution in [0, 0.1) is 5.82 Å². The average molecular weight is 701 g/mol. The van der Waals surface area contributed by atoms with Crippen molar-refractivity contribution < 1.29 is 28.2 Å². The van der Waals surface area contributed by atoms with E-state index in [-0.39, 0.29) is 30.4 Å². The van der Waals surface area contributed by atoms with E-state index in [4.69, 9.17) is 14.5 Å². The average Bonchev–Trinajstić information content (AvgIpc) is 3.60. The molecule has 4 aromatic rings. The number of rotatable bonds is 8. The first kappa shape index (κ1) is 35.0. The molecule has 3 saturated heterocycles. The highest BCUT2D eigenvalue weighted by atomic mass is 19.1. The van der Waals surface area contributed by atoms with Gasteiger partial charge in [0.15, 0.2) is 5.82 Å². The Hall–Kier alpha value is -4.42. The van der Waals surface area contributed by atoms with Gasteiger partial charge >= 0.3 is 12.1 Å². The van der Waals surface area contributed by atoms with Crippen LogP contribution >= 0.6 is 0 Å². The van der Waals surface area contributed by atoms with E-state index in [9.17, 15) is 14.3 Å². The first-order chi connectivity index (χ1) is 24.4. The maximum atomic E-state index is 17.1. The second-order valence-corrected chi connectivity index (χ2v) is 15.4. The summed E-state index contributed by atoms with van der Waals surface area (Å²) in [6.45, 7) is 9.67. The number of alkyl halides is 1. The molecule has 5 heterocycles. The molecule has 0 radical (unpaired) electrons. The van der Waals surface area contributed by atoms with E-state index >= 15 is 4.39 Å².